The molecule has 2 rings (SSSR count). The Morgan fingerprint density at radius 1 is 1.04 bits per heavy atom. The van der Waals surface area contributed by atoms with E-state index in [2.05, 4.69) is 60.3 Å². The van der Waals surface area contributed by atoms with Crippen molar-refractivity contribution in [1.82, 2.24) is 9.97 Å². The second-order valence-electron chi connectivity index (χ2n) is 6.28. The van der Waals surface area contributed by atoms with Crippen molar-refractivity contribution in [1.29, 1.82) is 0 Å². The Kier molecular flexibility index (Phi) is 5.42. The molecule has 1 atom stereocenters. The highest BCUT2D eigenvalue weighted by Crippen LogP contribution is 2.29. The van der Waals surface area contributed by atoms with E-state index in [1.807, 2.05) is 6.07 Å². The second kappa shape index (κ2) is 7.31. The summed E-state index contributed by atoms with van der Waals surface area (Å²) < 4.78 is 10.4. The van der Waals surface area contributed by atoms with Gasteiger partial charge in [0.25, 0.3) is 0 Å². The van der Waals surface area contributed by atoms with Gasteiger partial charge in [-0.2, -0.15) is 9.97 Å². The summed E-state index contributed by atoms with van der Waals surface area (Å²) in [4.78, 5) is 8.64. The summed E-state index contributed by atoms with van der Waals surface area (Å²) in [5.74, 6) is 1.47. The molecule has 124 valence electrons. The van der Waals surface area contributed by atoms with Gasteiger partial charge in [0.15, 0.2) is 0 Å². The monoisotopic (exact) mass is 315 g/mol. The minimum Gasteiger partial charge on any atom is -0.481 e. The standard InChI is InChI=1S/C18H25N3O2/c1-13(12-18(2,3)14-9-7-6-8-10-14)19-17-20-15(22-4)11-16(21-17)23-5/h6-11,13H,12H2,1-5H3,(H,19,20,21). The summed E-state index contributed by atoms with van der Waals surface area (Å²) in [5, 5.41) is 3.33. The van der Waals surface area contributed by atoms with Crippen LogP contribution in [0.2, 0.25) is 0 Å². The molecule has 0 bridgehead atoms. The number of anilines is 1. The van der Waals surface area contributed by atoms with Crippen LogP contribution in [0.4, 0.5) is 5.95 Å². The number of rotatable bonds is 7. The predicted molar refractivity (Wildman–Crippen MR) is 92.3 cm³/mol. The first-order chi connectivity index (χ1) is 10.9. The van der Waals surface area contributed by atoms with Crippen molar-refractivity contribution in [2.45, 2.75) is 38.6 Å². The first-order valence-electron chi connectivity index (χ1n) is 7.74. The number of hydrogen-bond donors (Lipinski definition) is 1. The second-order valence-corrected chi connectivity index (χ2v) is 6.28. The Bertz CT molecular complexity index is 607. The fourth-order valence-corrected chi connectivity index (χ4v) is 2.72. The smallest absolute Gasteiger partial charge is 0.229 e. The van der Waals surface area contributed by atoms with Gasteiger partial charge in [-0.05, 0) is 24.3 Å². The van der Waals surface area contributed by atoms with Gasteiger partial charge in [0.1, 0.15) is 0 Å². The zero-order valence-electron chi connectivity index (χ0n) is 14.5. The van der Waals surface area contributed by atoms with E-state index < -0.39 is 0 Å². The van der Waals surface area contributed by atoms with E-state index in [0.717, 1.165) is 6.42 Å². The van der Waals surface area contributed by atoms with Crippen LogP contribution < -0.4 is 14.8 Å². The van der Waals surface area contributed by atoms with Crippen molar-refractivity contribution < 1.29 is 9.47 Å². The lowest BCUT2D eigenvalue weighted by Gasteiger charge is -2.29. The number of hydrogen-bond acceptors (Lipinski definition) is 5. The van der Waals surface area contributed by atoms with Crippen LogP contribution in [0.15, 0.2) is 36.4 Å². The van der Waals surface area contributed by atoms with Gasteiger partial charge in [-0.15, -0.1) is 0 Å². The molecule has 23 heavy (non-hydrogen) atoms. The average Bonchev–Trinajstić information content (AvgIpc) is 2.54. The number of benzene rings is 1. The highest BCUT2D eigenvalue weighted by atomic mass is 16.5. The fraction of sp³-hybridized carbons (Fsp3) is 0.444. The Hall–Kier alpha value is -2.30. The van der Waals surface area contributed by atoms with Gasteiger partial charge in [-0.1, -0.05) is 44.2 Å². The van der Waals surface area contributed by atoms with Gasteiger partial charge in [-0.25, -0.2) is 0 Å². The minimum absolute atomic E-state index is 0.0522. The number of nitrogens with one attached hydrogen (secondary N) is 1. The third-order valence-electron chi connectivity index (χ3n) is 3.84. The number of nitrogens with zero attached hydrogens (tertiary/aromatic N) is 2. The topological polar surface area (TPSA) is 56.3 Å². The SMILES string of the molecule is COc1cc(OC)nc(NC(C)CC(C)(C)c2ccccc2)n1. The summed E-state index contributed by atoms with van der Waals surface area (Å²) >= 11 is 0. The van der Waals surface area contributed by atoms with Crippen LogP contribution in [0.25, 0.3) is 0 Å². The maximum absolute atomic E-state index is 5.18. The highest BCUT2D eigenvalue weighted by molar-refractivity contribution is 5.35. The maximum atomic E-state index is 5.18. The van der Waals surface area contributed by atoms with Gasteiger partial charge in [-0.3, -0.25) is 0 Å². The molecule has 0 saturated carbocycles. The zero-order valence-corrected chi connectivity index (χ0v) is 14.5. The molecule has 1 heterocycles. The van der Waals surface area contributed by atoms with E-state index >= 15 is 0 Å². The number of methoxy groups -OCH3 is 2. The van der Waals surface area contributed by atoms with Gasteiger partial charge >= 0.3 is 0 Å². The third-order valence-corrected chi connectivity index (χ3v) is 3.84. The third kappa shape index (κ3) is 4.58. The molecule has 1 unspecified atom stereocenters. The van der Waals surface area contributed by atoms with Crippen LogP contribution in [0, 0.1) is 0 Å². The first-order valence-corrected chi connectivity index (χ1v) is 7.74. The summed E-state index contributed by atoms with van der Waals surface area (Å²) in [6.45, 7) is 6.61. The van der Waals surface area contributed by atoms with Crippen LogP contribution in [-0.4, -0.2) is 30.2 Å². The Morgan fingerprint density at radius 2 is 1.61 bits per heavy atom. The quantitative estimate of drug-likeness (QED) is 0.845. The van der Waals surface area contributed by atoms with Crippen molar-refractivity contribution in [3.63, 3.8) is 0 Å². The van der Waals surface area contributed by atoms with E-state index in [4.69, 9.17) is 9.47 Å². The van der Waals surface area contributed by atoms with Gasteiger partial charge in [0.05, 0.1) is 20.3 Å². The Balaban J connectivity index is 2.08. The average molecular weight is 315 g/mol. The lowest BCUT2D eigenvalue weighted by molar-refractivity contribution is 0.372. The zero-order chi connectivity index (χ0) is 16.9. The molecular formula is C18H25N3O2. The molecule has 1 aromatic heterocycles. The van der Waals surface area contributed by atoms with E-state index in [0.29, 0.717) is 17.7 Å². The normalized spacial score (nSPS) is 12.6. The van der Waals surface area contributed by atoms with Crippen LogP contribution in [0.1, 0.15) is 32.8 Å². The van der Waals surface area contributed by atoms with Crippen molar-refractivity contribution in [3.05, 3.63) is 42.0 Å². The molecule has 0 spiro atoms. The summed E-state index contributed by atoms with van der Waals surface area (Å²) in [5.41, 5.74) is 1.37. The lowest BCUT2D eigenvalue weighted by Crippen LogP contribution is -2.28. The fourth-order valence-electron chi connectivity index (χ4n) is 2.72. The molecule has 2 aromatic rings. The largest absolute Gasteiger partial charge is 0.481 e. The van der Waals surface area contributed by atoms with Crippen molar-refractivity contribution >= 4 is 5.95 Å². The summed E-state index contributed by atoms with van der Waals surface area (Å²) in [6, 6.07) is 12.4. The molecule has 1 aromatic carbocycles. The van der Waals surface area contributed by atoms with Crippen molar-refractivity contribution in [3.8, 4) is 11.8 Å². The van der Waals surface area contributed by atoms with Crippen LogP contribution in [-0.2, 0) is 5.41 Å². The molecule has 0 saturated heterocycles. The van der Waals surface area contributed by atoms with E-state index in [1.165, 1.54) is 5.56 Å². The summed E-state index contributed by atoms with van der Waals surface area (Å²) in [6.07, 6.45) is 0.944. The van der Waals surface area contributed by atoms with Crippen LogP contribution >= 0.6 is 0 Å². The number of aromatic nitrogens is 2. The van der Waals surface area contributed by atoms with Gasteiger partial charge in [0, 0.05) is 6.04 Å². The highest BCUT2D eigenvalue weighted by Gasteiger charge is 2.23. The van der Waals surface area contributed by atoms with E-state index in [1.54, 1.807) is 20.3 Å². The lowest BCUT2D eigenvalue weighted by atomic mass is 9.79. The molecular weight excluding hydrogens is 290 g/mol. The van der Waals surface area contributed by atoms with E-state index in [-0.39, 0.29) is 11.5 Å². The molecule has 1 N–H and O–H groups in total. The molecule has 0 aliphatic rings. The molecule has 0 amide bonds. The van der Waals surface area contributed by atoms with E-state index in [9.17, 15) is 0 Å². The summed E-state index contributed by atoms with van der Waals surface area (Å²) in [7, 11) is 3.15. The molecule has 0 fully saturated rings. The van der Waals surface area contributed by atoms with Gasteiger partial charge in [0.2, 0.25) is 17.7 Å². The predicted octanol–water partition coefficient (Wildman–Crippen LogP) is 3.66. The molecule has 5 nitrogen and oxygen atoms in total. The molecule has 5 heteroatoms. The van der Waals surface area contributed by atoms with Crippen LogP contribution in [0.5, 0.6) is 11.8 Å². The van der Waals surface area contributed by atoms with Crippen LogP contribution in [0.3, 0.4) is 0 Å². The Morgan fingerprint density at radius 3 is 2.13 bits per heavy atom. The van der Waals surface area contributed by atoms with Gasteiger partial charge < -0.3 is 14.8 Å². The molecule has 0 aliphatic carbocycles. The molecule has 0 radical (unpaired) electrons. The first kappa shape index (κ1) is 17.1. The Labute approximate surface area is 138 Å². The van der Waals surface area contributed by atoms with Crippen molar-refractivity contribution in [2.24, 2.45) is 0 Å². The number of ether oxygens (including phenoxy) is 2. The molecule has 0 aliphatic heterocycles. The maximum Gasteiger partial charge on any atom is 0.229 e. The van der Waals surface area contributed by atoms with Crippen molar-refractivity contribution in [2.75, 3.05) is 19.5 Å². The minimum atomic E-state index is 0.0522.